The van der Waals surface area contributed by atoms with Gasteiger partial charge >= 0.3 is 17.9 Å². The maximum atomic E-state index is 12.1. The van der Waals surface area contributed by atoms with Gasteiger partial charge < -0.3 is 15.3 Å². The zero-order chi connectivity index (χ0) is 29.6. The summed E-state index contributed by atoms with van der Waals surface area (Å²) in [6, 6.07) is 0. The Kier molecular flexibility index (Phi) is 15.7. The second kappa shape index (κ2) is 17.3. The SMILES string of the molecule is CC(C)CCCC1C(CCC(=O)O)CCC(CCCC(C)C)(CCC(=O)O)C1(CCCC(C)C)CCC(=O)O. The van der Waals surface area contributed by atoms with Crippen LogP contribution in [0.5, 0.6) is 0 Å². The van der Waals surface area contributed by atoms with Gasteiger partial charge in [0.25, 0.3) is 0 Å². The van der Waals surface area contributed by atoms with Crippen LogP contribution >= 0.6 is 0 Å². The molecule has 6 nitrogen and oxygen atoms in total. The molecule has 0 amide bonds. The van der Waals surface area contributed by atoms with Crippen LogP contribution in [-0.2, 0) is 14.4 Å². The molecule has 0 aromatic heterocycles. The van der Waals surface area contributed by atoms with Gasteiger partial charge in [0.1, 0.15) is 0 Å². The van der Waals surface area contributed by atoms with Gasteiger partial charge in [-0.1, -0.05) is 80.1 Å². The first-order valence-corrected chi connectivity index (χ1v) is 15.9. The predicted octanol–water partition coefficient (Wildman–Crippen LogP) is 9.06. The second-order valence-corrected chi connectivity index (χ2v) is 14.0. The summed E-state index contributed by atoms with van der Waals surface area (Å²) in [5, 5.41) is 29.3. The smallest absolute Gasteiger partial charge is 0.303 e. The lowest BCUT2D eigenvalue weighted by atomic mass is 9.42. The monoisotopic (exact) mass is 552 g/mol. The lowest BCUT2D eigenvalue weighted by molar-refractivity contribution is -0.153. The zero-order valence-electron chi connectivity index (χ0n) is 26.0. The molecule has 4 atom stereocenters. The lowest BCUT2D eigenvalue weighted by Gasteiger charge is -2.62. The van der Waals surface area contributed by atoms with Gasteiger partial charge in [0, 0.05) is 19.3 Å². The van der Waals surface area contributed by atoms with E-state index >= 15 is 0 Å². The average Bonchev–Trinajstić information content (AvgIpc) is 2.81. The van der Waals surface area contributed by atoms with E-state index in [2.05, 4.69) is 41.5 Å². The van der Waals surface area contributed by atoms with Crippen LogP contribution in [0.4, 0.5) is 0 Å². The Morgan fingerprint density at radius 1 is 0.641 bits per heavy atom. The van der Waals surface area contributed by atoms with E-state index in [9.17, 15) is 29.7 Å². The molecule has 1 aliphatic carbocycles. The quantitative estimate of drug-likeness (QED) is 0.131. The first-order valence-electron chi connectivity index (χ1n) is 15.9. The van der Waals surface area contributed by atoms with Crippen molar-refractivity contribution in [1.29, 1.82) is 0 Å². The minimum atomic E-state index is -0.791. The molecule has 1 fully saturated rings. The molecule has 0 aromatic rings. The number of carboxylic acids is 3. The molecular formula is C33H60O6. The van der Waals surface area contributed by atoms with Gasteiger partial charge in [0.05, 0.1) is 0 Å². The first-order chi connectivity index (χ1) is 18.2. The van der Waals surface area contributed by atoms with E-state index < -0.39 is 17.9 Å². The fraction of sp³-hybridized carbons (Fsp3) is 0.909. The fourth-order valence-electron chi connectivity index (χ4n) is 7.92. The van der Waals surface area contributed by atoms with Gasteiger partial charge in [-0.2, -0.15) is 0 Å². The number of aliphatic carboxylic acids is 3. The third-order valence-electron chi connectivity index (χ3n) is 9.80. The average molecular weight is 553 g/mol. The summed E-state index contributed by atoms with van der Waals surface area (Å²) in [5.74, 6) is -0.202. The van der Waals surface area contributed by atoms with E-state index in [1.165, 1.54) is 0 Å². The number of hydrogen-bond acceptors (Lipinski definition) is 3. The van der Waals surface area contributed by atoms with E-state index in [1.54, 1.807) is 0 Å². The molecule has 1 saturated carbocycles. The van der Waals surface area contributed by atoms with Gasteiger partial charge in [-0.25, -0.2) is 0 Å². The molecular weight excluding hydrogens is 492 g/mol. The zero-order valence-corrected chi connectivity index (χ0v) is 26.0. The fourth-order valence-corrected chi connectivity index (χ4v) is 7.92. The van der Waals surface area contributed by atoms with E-state index in [1.807, 2.05) is 0 Å². The lowest BCUT2D eigenvalue weighted by Crippen LogP contribution is -2.54. The van der Waals surface area contributed by atoms with Crippen molar-refractivity contribution in [1.82, 2.24) is 0 Å². The summed E-state index contributed by atoms with van der Waals surface area (Å²) >= 11 is 0. The third-order valence-corrected chi connectivity index (χ3v) is 9.80. The van der Waals surface area contributed by atoms with Crippen LogP contribution in [0.3, 0.4) is 0 Å². The third kappa shape index (κ3) is 11.8. The predicted molar refractivity (Wildman–Crippen MR) is 158 cm³/mol. The Morgan fingerprint density at radius 3 is 1.64 bits per heavy atom. The summed E-state index contributed by atoms with van der Waals surface area (Å²) in [7, 11) is 0. The number of hydrogen-bond donors (Lipinski definition) is 3. The van der Waals surface area contributed by atoms with Crippen LogP contribution in [0.2, 0.25) is 0 Å². The normalized spacial score (nSPS) is 25.5. The molecule has 1 aliphatic rings. The molecule has 0 spiro atoms. The first kappa shape index (κ1) is 35.4. The van der Waals surface area contributed by atoms with E-state index in [4.69, 9.17) is 0 Å². The topological polar surface area (TPSA) is 112 Å². The summed E-state index contributed by atoms with van der Waals surface area (Å²) in [6.07, 6.45) is 13.1. The van der Waals surface area contributed by atoms with Crippen molar-refractivity contribution in [3.63, 3.8) is 0 Å². The molecule has 0 aliphatic heterocycles. The van der Waals surface area contributed by atoms with Crippen LogP contribution in [0.25, 0.3) is 0 Å². The highest BCUT2D eigenvalue weighted by Gasteiger charge is 2.58. The van der Waals surface area contributed by atoms with Crippen molar-refractivity contribution in [2.45, 2.75) is 151 Å². The molecule has 1 rings (SSSR count). The molecule has 0 bridgehead atoms. The van der Waals surface area contributed by atoms with Gasteiger partial charge in [0.15, 0.2) is 0 Å². The Morgan fingerprint density at radius 2 is 1.13 bits per heavy atom. The molecule has 4 unspecified atom stereocenters. The van der Waals surface area contributed by atoms with Crippen molar-refractivity contribution in [3.05, 3.63) is 0 Å². The Bertz CT molecular complexity index is 744. The van der Waals surface area contributed by atoms with Crippen molar-refractivity contribution in [2.24, 2.45) is 40.4 Å². The van der Waals surface area contributed by atoms with Gasteiger partial charge in [-0.05, 0) is 91.8 Å². The van der Waals surface area contributed by atoms with E-state index in [0.29, 0.717) is 37.0 Å². The van der Waals surface area contributed by atoms with Crippen LogP contribution in [0, 0.1) is 40.4 Å². The van der Waals surface area contributed by atoms with E-state index in [-0.39, 0.29) is 41.9 Å². The minimum Gasteiger partial charge on any atom is -0.481 e. The summed E-state index contributed by atoms with van der Waals surface area (Å²) in [4.78, 5) is 35.7. The molecule has 6 heteroatoms. The molecule has 228 valence electrons. The molecule has 0 aromatic carbocycles. The van der Waals surface area contributed by atoms with Crippen LogP contribution in [0.1, 0.15) is 151 Å². The maximum absolute atomic E-state index is 12.1. The van der Waals surface area contributed by atoms with Crippen molar-refractivity contribution in [3.8, 4) is 0 Å². The highest BCUT2D eigenvalue weighted by molar-refractivity contribution is 5.67. The highest BCUT2D eigenvalue weighted by atomic mass is 16.4. The van der Waals surface area contributed by atoms with E-state index in [0.717, 1.165) is 70.6 Å². The standard InChI is InChI=1S/C33H60O6/c1-24(2)10-7-13-28-27(14-15-29(34)35)16-21-32(22-17-30(36)37,19-8-11-25(3)4)33(28,23-18-31(38)39)20-9-12-26(5)6/h24-28H,7-23H2,1-6H3,(H,34,35)(H,36,37)(H,38,39). The Hall–Kier alpha value is -1.59. The van der Waals surface area contributed by atoms with Crippen molar-refractivity contribution < 1.29 is 29.7 Å². The van der Waals surface area contributed by atoms with Gasteiger partial charge in [-0.15, -0.1) is 0 Å². The maximum Gasteiger partial charge on any atom is 0.303 e. The largest absolute Gasteiger partial charge is 0.481 e. The van der Waals surface area contributed by atoms with Crippen LogP contribution in [0.15, 0.2) is 0 Å². The number of carboxylic acid groups (broad SMARTS) is 3. The Labute approximate surface area is 238 Å². The molecule has 3 N–H and O–H groups in total. The minimum absolute atomic E-state index is 0.0903. The molecule has 0 radical (unpaired) electrons. The summed E-state index contributed by atoms with van der Waals surface area (Å²) < 4.78 is 0. The van der Waals surface area contributed by atoms with Crippen molar-refractivity contribution in [2.75, 3.05) is 0 Å². The van der Waals surface area contributed by atoms with Crippen LogP contribution in [-0.4, -0.2) is 33.2 Å². The van der Waals surface area contributed by atoms with Crippen LogP contribution < -0.4 is 0 Å². The van der Waals surface area contributed by atoms with Gasteiger partial charge in [-0.3, -0.25) is 14.4 Å². The molecule has 0 saturated heterocycles. The van der Waals surface area contributed by atoms with Crippen molar-refractivity contribution >= 4 is 17.9 Å². The number of carbonyl (C=O) groups is 3. The highest BCUT2D eigenvalue weighted by Crippen LogP contribution is 2.66. The Balaban J connectivity index is 3.73. The second-order valence-electron chi connectivity index (χ2n) is 14.0. The molecule has 39 heavy (non-hydrogen) atoms. The van der Waals surface area contributed by atoms with Gasteiger partial charge in [0.2, 0.25) is 0 Å². The summed E-state index contributed by atoms with van der Waals surface area (Å²) in [6.45, 7) is 13.4. The number of rotatable bonds is 21. The summed E-state index contributed by atoms with van der Waals surface area (Å²) in [5.41, 5.74) is -0.514. The molecule has 0 heterocycles.